The lowest BCUT2D eigenvalue weighted by molar-refractivity contribution is -0.133. The average Bonchev–Trinajstić information content (AvgIpc) is 2.23. The normalized spacial score (nSPS) is 28.3. The second-order valence-corrected chi connectivity index (χ2v) is 7.39. The molecule has 7 heteroatoms. The van der Waals surface area contributed by atoms with Gasteiger partial charge in [-0.25, -0.2) is 8.42 Å². The van der Waals surface area contributed by atoms with Gasteiger partial charge in [0, 0.05) is 25.0 Å². The van der Waals surface area contributed by atoms with Crippen LogP contribution in [0.5, 0.6) is 0 Å². The van der Waals surface area contributed by atoms with Gasteiger partial charge in [0.2, 0.25) is 5.91 Å². The second-order valence-electron chi connectivity index (χ2n) is 4.92. The fourth-order valence-electron chi connectivity index (χ4n) is 2.02. The van der Waals surface area contributed by atoms with Crippen molar-refractivity contribution < 1.29 is 13.2 Å². The monoisotopic (exact) mass is 298 g/mol. The summed E-state index contributed by atoms with van der Waals surface area (Å²) in [6, 6.07) is -0.241. The molecule has 18 heavy (non-hydrogen) atoms. The Morgan fingerprint density at radius 1 is 1.44 bits per heavy atom. The Morgan fingerprint density at radius 2 is 2.00 bits per heavy atom. The number of nitrogens with two attached hydrogens (primary N) is 1. The van der Waals surface area contributed by atoms with Gasteiger partial charge in [-0.1, -0.05) is 0 Å². The van der Waals surface area contributed by atoms with Crippen LogP contribution in [0.1, 0.15) is 33.6 Å². The molecule has 108 valence electrons. The number of sulfone groups is 1. The molecule has 1 fully saturated rings. The molecule has 1 heterocycles. The van der Waals surface area contributed by atoms with Crippen LogP contribution in [0.15, 0.2) is 0 Å². The number of amides is 1. The fourth-order valence-corrected chi connectivity index (χ4v) is 3.59. The van der Waals surface area contributed by atoms with Crippen LogP contribution < -0.4 is 5.73 Å². The van der Waals surface area contributed by atoms with Crippen LogP contribution >= 0.6 is 12.4 Å². The first kappa shape index (κ1) is 17.7. The molecule has 0 spiro atoms. The number of halogens is 1. The predicted molar refractivity (Wildman–Crippen MR) is 74.6 cm³/mol. The minimum atomic E-state index is -3.03. The molecular formula is C11H23ClN2O3S. The summed E-state index contributed by atoms with van der Waals surface area (Å²) < 4.78 is 23.3. The molecule has 1 aliphatic rings. The lowest BCUT2D eigenvalue weighted by Crippen LogP contribution is -2.54. The number of carbonyl (C=O) groups excluding carboxylic acids is 1. The highest BCUT2D eigenvalue weighted by Gasteiger charge is 2.37. The van der Waals surface area contributed by atoms with Crippen molar-refractivity contribution in [1.29, 1.82) is 0 Å². The summed E-state index contributed by atoms with van der Waals surface area (Å²) in [5, 5.41) is -0.476. The number of hydrogen-bond acceptors (Lipinski definition) is 4. The van der Waals surface area contributed by atoms with Crippen LogP contribution in [-0.2, 0) is 14.6 Å². The van der Waals surface area contributed by atoms with Gasteiger partial charge in [0.25, 0.3) is 0 Å². The van der Waals surface area contributed by atoms with Crippen LogP contribution in [0.2, 0.25) is 0 Å². The third kappa shape index (κ3) is 4.10. The van der Waals surface area contributed by atoms with E-state index in [0.717, 1.165) is 0 Å². The maximum absolute atomic E-state index is 11.9. The quantitative estimate of drug-likeness (QED) is 0.826. The van der Waals surface area contributed by atoms with Crippen LogP contribution in [0.4, 0.5) is 0 Å². The van der Waals surface area contributed by atoms with E-state index >= 15 is 0 Å². The highest BCUT2D eigenvalue weighted by molar-refractivity contribution is 7.92. The summed E-state index contributed by atoms with van der Waals surface area (Å²) in [4.78, 5) is 13.6. The fraction of sp³-hybridized carbons (Fsp3) is 0.909. The highest BCUT2D eigenvalue weighted by Crippen LogP contribution is 2.20. The minimum absolute atomic E-state index is 0. The molecule has 5 nitrogen and oxygen atoms in total. The van der Waals surface area contributed by atoms with E-state index in [0.29, 0.717) is 19.4 Å². The first-order valence-corrected chi connectivity index (χ1v) is 7.74. The van der Waals surface area contributed by atoms with Gasteiger partial charge in [0.15, 0.2) is 9.84 Å². The Balaban J connectivity index is 0.00000289. The third-order valence-corrected chi connectivity index (χ3v) is 5.77. The molecule has 0 aromatic heterocycles. The van der Waals surface area contributed by atoms with Gasteiger partial charge in [0.1, 0.15) is 0 Å². The van der Waals surface area contributed by atoms with Crippen molar-refractivity contribution in [1.82, 2.24) is 4.90 Å². The van der Waals surface area contributed by atoms with E-state index < -0.39 is 15.1 Å². The van der Waals surface area contributed by atoms with E-state index in [1.807, 2.05) is 6.92 Å². The zero-order chi connectivity index (χ0) is 13.2. The minimum Gasteiger partial charge on any atom is -0.338 e. The summed E-state index contributed by atoms with van der Waals surface area (Å²) >= 11 is 0. The molecule has 1 rings (SSSR count). The first-order valence-electron chi connectivity index (χ1n) is 6.02. The molecule has 0 saturated carbocycles. The maximum atomic E-state index is 11.9. The molecule has 0 aromatic carbocycles. The van der Waals surface area contributed by atoms with Crippen LogP contribution in [0.3, 0.4) is 0 Å². The molecule has 0 radical (unpaired) electrons. The third-order valence-electron chi connectivity index (χ3n) is 3.49. The topological polar surface area (TPSA) is 80.5 Å². The number of nitrogens with zero attached hydrogens (tertiary/aromatic N) is 1. The van der Waals surface area contributed by atoms with E-state index in [2.05, 4.69) is 0 Å². The SMILES string of the molecule is CC(N)CCC(=O)N1CCS(=O)(=O)C(C)C1C.Cl. The Labute approximate surface area is 115 Å². The van der Waals surface area contributed by atoms with Crippen molar-refractivity contribution in [3.8, 4) is 0 Å². The summed E-state index contributed by atoms with van der Waals surface area (Å²) in [5.74, 6) is 0.0825. The zero-order valence-electron chi connectivity index (χ0n) is 11.1. The molecule has 0 aliphatic carbocycles. The van der Waals surface area contributed by atoms with Crippen LogP contribution in [-0.4, -0.2) is 48.9 Å². The Bertz CT molecular complexity index is 384. The number of rotatable bonds is 3. The van der Waals surface area contributed by atoms with Gasteiger partial charge >= 0.3 is 0 Å². The van der Waals surface area contributed by atoms with E-state index in [1.165, 1.54) is 0 Å². The van der Waals surface area contributed by atoms with E-state index in [-0.39, 0.29) is 36.2 Å². The van der Waals surface area contributed by atoms with Crippen molar-refractivity contribution in [2.75, 3.05) is 12.3 Å². The molecular weight excluding hydrogens is 276 g/mol. The lowest BCUT2D eigenvalue weighted by Gasteiger charge is -2.37. The highest BCUT2D eigenvalue weighted by atomic mass is 35.5. The number of carbonyl (C=O) groups is 1. The number of hydrogen-bond donors (Lipinski definition) is 1. The molecule has 1 aliphatic heterocycles. The van der Waals surface area contributed by atoms with E-state index in [9.17, 15) is 13.2 Å². The van der Waals surface area contributed by atoms with E-state index in [1.54, 1.807) is 18.7 Å². The second kappa shape index (κ2) is 6.73. The summed E-state index contributed by atoms with van der Waals surface area (Å²) in [6.45, 7) is 5.64. The van der Waals surface area contributed by atoms with Crippen molar-refractivity contribution in [3.63, 3.8) is 0 Å². The Hall–Kier alpha value is -0.330. The van der Waals surface area contributed by atoms with Crippen LogP contribution in [0, 0.1) is 0 Å². The van der Waals surface area contributed by atoms with Crippen molar-refractivity contribution in [3.05, 3.63) is 0 Å². The maximum Gasteiger partial charge on any atom is 0.222 e. The van der Waals surface area contributed by atoms with Crippen molar-refractivity contribution >= 4 is 28.2 Å². The summed E-state index contributed by atoms with van der Waals surface area (Å²) in [6.07, 6.45) is 1.04. The smallest absolute Gasteiger partial charge is 0.222 e. The molecule has 2 N–H and O–H groups in total. The molecule has 0 aromatic rings. The first-order chi connectivity index (χ1) is 7.75. The Kier molecular flexibility index (Phi) is 6.60. The molecule has 0 bridgehead atoms. The molecule has 1 saturated heterocycles. The Morgan fingerprint density at radius 3 is 2.50 bits per heavy atom. The molecule has 3 atom stereocenters. The van der Waals surface area contributed by atoms with Gasteiger partial charge in [-0.15, -0.1) is 12.4 Å². The van der Waals surface area contributed by atoms with Gasteiger partial charge in [-0.05, 0) is 27.2 Å². The van der Waals surface area contributed by atoms with Gasteiger partial charge in [0.05, 0.1) is 11.0 Å². The van der Waals surface area contributed by atoms with Crippen molar-refractivity contribution in [2.45, 2.75) is 50.9 Å². The van der Waals surface area contributed by atoms with Crippen molar-refractivity contribution in [2.24, 2.45) is 5.73 Å². The average molecular weight is 299 g/mol. The summed E-state index contributed by atoms with van der Waals surface area (Å²) in [7, 11) is -3.03. The lowest BCUT2D eigenvalue weighted by atomic mass is 10.1. The standard InChI is InChI=1S/C11H22N2O3S.ClH/c1-8(12)4-5-11(14)13-6-7-17(15,16)10(3)9(13)2;/h8-10H,4-7,12H2,1-3H3;1H. The largest absolute Gasteiger partial charge is 0.338 e. The zero-order valence-corrected chi connectivity index (χ0v) is 12.8. The van der Waals surface area contributed by atoms with Gasteiger partial charge in [-0.2, -0.15) is 0 Å². The van der Waals surface area contributed by atoms with Gasteiger partial charge < -0.3 is 10.6 Å². The van der Waals surface area contributed by atoms with Gasteiger partial charge in [-0.3, -0.25) is 4.79 Å². The van der Waals surface area contributed by atoms with Crippen LogP contribution in [0.25, 0.3) is 0 Å². The summed E-state index contributed by atoms with van der Waals surface area (Å²) in [5.41, 5.74) is 5.61. The predicted octanol–water partition coefficient (Wildman–Crippen LogP) is 0.570. The van der Waals surface area contributed by atoms with E-state index in [4.69, 9.17) is 5.73 Å². The molecule has 1 amide bonds. The molecule has 3 unspecified atom stereocenters.